The molecule has 0 aromatic carbocycles. The highest BCUT2D eigenvalue weighted by Crippen LogP contribution is 2.19. The van der Waals surface area contributed by atoms with E-state index in [0.717, 1.165) is 19.4 Å². The minimum absolute atomic E-state index is 0.0763. The molecule has 0 aliphatic rings. The number of aromatic nitrogens is 2. The standard InChI is InChI=1S/C9H17N5O2/c1-13(2)6-4-3-5-10-8-7-11-12-9(8)14(15)16/h7,10H,3-6H2,1-2H3,(H,11,12). The molecule has 0 aliphatic carbocycles. The van der Waals surface area contributed by atoms with Crippen molar-refractivity contribution in [3.63, 3.8) is 0 Å². The minimum atomic E-state index is -0.477. The van der Waals surface area contributed by atoms with Crippen LogP contribution in [0.15, 0.2) is 6.20 Å². The van der Waals surface area contributed by atoms with Crippen molar-refractivity contribution in [1.82, 2.24) is 15.1 Å². The van der Waals surface area contributed by atoms with E-state index in [0.29, 0.717) is 12.2 Å². The lowest BCUT2D eigenvalue weighted by Crippen LogP contribution is -2.14. The van der Waals surface area contributed by atoms with E-state index in [2.05, 4.69) is 20.4 Å². The van der Waals surface area contributed by atoms with Crippen molar-refractivity contribution in [2.24, 2.45) is 0 Å². The fourth-order valence-electron chi connectivity index (χ4n) is 1.32. The Balaban J connectivity index is 2.27. The van der Waals surface area contributed by atoms with Gasteiger partial charge in [0.15, 0.2) is 5.69 Å². The molecule has 1 rings (SSSR count). The molecule has 0 fully saturated rings. The summed E-state index contributed by atoms with van der Waals surface area (Å²) < 4.78 is 0. The van der Waals surface area contributed by atoms with E-state index >= 15 is 0 Å². The maximum absolute atomic E-state index is 10.5. The molecule has 0 amide bonds. The van der Waals surface area contributed by atoms with Crippen LogP contribution in [0.5, 0.6) is 0 Å². The van der Waals surface area contributed by atoms with Gasteiger partial charge >= 0.3 is 5.82 Å². The van der Waals surface area contributed by atoms with Gasteiger partial charge in [0.2, 0.25) is 0 Å². The van der Waals surface area contributed by atoms with Crippen LogP contribution in [0.3, 0.4) is 0 Å². The number of nitrogens with zero attached hydrogens (tertiary/aromatic N) is 3. The zero-order valence-electron chi connectivity index (χ0n) is 9.56. The van der Waals surface area contributed by atoms with Gasteiger partial charge in [0.25, 0.3) is 0 Å². The Labute approximate surface area is 94.0 Å². The van der Waals surface area contributed by atoms with Crippen molar-refractivity contribution in [2.75, 3.05) is 32.5 Å². The van der Waals surface area contributed by atoms with Gasteiger partial charge in [-0.2, -0.15) is 0 Å². The normalized spacial score (nSPS) is 10.7. The molecule has 0 aliphatic heterocycles. The van der Waals surface area contributed by atoms with Crippen LogP contribution in [0.25, 0.3) is 0 Å². The number of rotatable bonds is 7. The molecule has 7 nitrogen and oxygen atoms in total. The molecular weight excluding hydrogens is 210 g/mol. The van der Waals surface area contributed by atoms with E-state index in [-0.39, 0.29) is 5.82 Å². The number of nitrogens with one attached hydrogen (secondary N) is 2. The van der Waals surface area contributed by atoms with E-state index in [4.69, 9.17) is 0 Å². The maximum Gasteiger partial charge on any atom is 0.366 e. The molecule has 16 heavy (non-hydrogen) atoms. The first-order chi connectivity index (χ1) is 7.61. The number of H-pyrrole nitrogens is 1. The van der Waals surface area contributed by atoms with Gasteiger partial charge in [0, 0.05) is 6.54 Å². The first kappa shape index (κ1) is 12.4. The van der Waals surface area contributed by atoms with Gasteiger partial charge < -0.3 is 20.3 Å². The van der Waals surface area contributed by atoms with Gasteiger partial charge in [0.05, 0.1) is 0 Å². The van der Waals surface area contributed by atoms with Crippen LogP contribution >= 0.6 is 0 Å². The topological polar surface area (TPSA) is 87.1 Å². The Hall–Kier alpha value is -1.63. The number of nitro groups is 1. The number of anilines is 1. The predicted octanol–water partition coefficient (Wildman–Crippen LogP) is 1.07. The van der Waals surface area contributed by atoms with E-state index in [1.807, 2.05) is 14.1 Å². The molecule has 2 N–H and O–H groups in total. The summed E-state index contributed by atoms with van der Waals surface area (Å²) in [7, 11) is 4.04. The van der Waals surface area contributed by atoms with Crippen LogP contribution in [0.1, 0.15) is 12.8 Å². The fraction of sp³-hybridized carbons (Fsp3) is 0.667. The summed E-state index contributed by atoms with van der Waals surface area (Å²) in [5.41, 5.74) is 0.454. The van der Waals surface area contributed by atoms with Crippen LogP contribution in [-0.2, 0) is 0 Å². The van der Waals surface area contributed by atoms with Crippen molar-refractivity contribution >= 4 is 11.5 Å². The third-order valence-electron chi connectivity index (χ3n) is 2.15. The fourth-order valence-corrected chi connectivity index (χ4v) is 1.32. The van der Waals surface area contributed by atoms with Crippen molar-refractivity contribution < 1.29 is 4.92 Å². The van der Waals surface area contributed by atoms with E-state index in [9.17, 15) is 10.1 Å². The third kappa shape index (κ3) is 3.85. The van der Waals surface area contributed by atoms with Crippen LogP contribution in [0.2, 0.25) is 0 Å². The molecule has 0 radical (unpaired) electrons. The summed E-state index contributed by atoms with van der Waals surface area (Å²) in [6, 6.07) is 0. The second-order valence-electron chi connectivity index (χ2n) is 3.83. The van der Waals surface area contributed by atoms with Gasteiger partial charge in [-0.3, -0.25) is 0 Å². The molecule has 0 saturated carbocycles. The van der Waals surface area contributed by atoms with E-state index in [1.165, 1.54) is 6.20 Å². The zero-order valence-corrected chi connectivity index (χ0v) is 9.56. The highest BCUT2D eigenvalue weighted by Gasteiger charge is 2.13. The Kier molecular flexibility index (Phi) is 4.71. The van der Waals surface area contributed by atoms with Gasteiger partial charge in [-0.15, -0.1) is 5.10 Å². The molecule has 0 saturated heterocycles. The quantitative estimate of drug-likeness (QED) is 0.413. The monoisotopic (exact) mass is 227 g/mol. The first-order valence-corrected chi connectivity index (χ1v) is 5.17. The Bertz CT molecular complexity index is 336. The molecule has 7 heteroatoms. The van der Waals surface area contributed by atoms with Crippen molar-refractivity contribution in [3.05, 3.63) is 16.3 Å². The van der Waals surface area contributed by atoms with Crippen molar-refractivity contribution in [3.8, 4) is 0 Å². The van der Waals surface area contributed by atoms with Crippen LogP contribution < -0.4 is 5.32 Å². The summed E-state index contributed by atoms with van der Waals surface area (Å²) in [6.45, 7) is 1.74. The second kappa shape index (κ2) is 6.06. The molecule has 1 heterocycles. The lowest BCUT2D eigenvalue weighted by atomic mass is 10.3. The zero-order chi connectivity index (χ0) is 12.0. The van der Waals surface area contributed by atoms with Gasteiger partial charge in [-0.05, 0) is 38.4 Å². The largest absolute Gasteiger partial charge is 0.377 e. The summed E-state index contributed by atoms with van der Waals surface area (Å²) in [6.07, 6.45) is 3.47. The smallest absolute Gasteiger partial charge is 0.366 e. The van der Waals surface area contributed by atoms with Crippen LogP contribution in [-0.4, -0.2) is 47.2 Å². The van der Waals surface area contributed by atoms with Crippen LogP contribution in [0.4, 0.5) is 11.5 Å². The SMILES string of the molecule is CN(C)CCCCNc1cn[nH]c1[N+](=O)[O-]. The highest BCUT2D eigenvalue weighted by molar-refractivity contribution is 5.55. The molecule has 0 atom stereocenters. The first-order valence-electron chi connectivity index (χ1n) is 5.17. The van der Waals surface area contributed by atoms with E-state index < -0.39 is 4.92 Å². The van der Waals surface area contributed by atoms with E-state index in [1.54, 1.807) is 0 Å². The Morgan fingerprint density at radius 3 is 2.94 bits per heavy atom. The summed E-state index contributed by atoms with van der Waals surface area (Å²) in [5, 5.41) is 19.5. The average Bonchev–Trinajstić information content (AvgIpc) is 2.65. The maximum atomic E-state index is 10.5. The minimum Gasteiger partial charge on any atom is -0.377 e. The molecule has 0 bridgehead atoms. The van der Waals surface area contributed by atoms with Gasteiger partial charge in [-0.1, -0.05) is 5.10 Å². The summed E-state index contributed by atoms with van der Waals surface area (Å²) in [5.74, 6) is -0.0763. The number of aromatic amines is 1. The molecule has 0 spiro atoms. The number of unbranched alkanes of at least 4 members (excludes halogenated alkanes) is 1. The lowest BCUT2D eigenvalue weighted by molar-refractivity contribution is -0.388. The molecule has 1 aromatic heterocycles. The Morgan fingerprint density at radius 1 is 1.56 bits per heavy atom. The van der Waals surface area contributed by atoms with Crippen LogP contribution in [0, 0.1) is 10.1 Å². The number of hydrogen-bond acceptors (Lipinski definition) is 5. The second-order valence-corrected chi connectivity index (χ2v) is 3.83. The molecule has 1 aromatic rings. The summed E-state index contributed by atoms with van der Waals surface area (Å²) in [4.78, 5) is 12.2. The predicted molar refractivity (Wildman–Crippen MR) is 61.5 cm³/mol. The summed E-state index contributed by atoms with van der Waals surface area (Å²) >= 11 is 0. The molecule has 90 valence electrons. The lowest BCUT2D eigenvalue weighted by Gasteiger charge is -2.09. The van der Waals surface area contributed by atoms with Gasteiger partial charge in [0.1, 0.15) is 6.20 Å². The molecular formula is C9H17N5O2. The highest BCUT2D eigenvalue weighted by atomic mass is 16.6. The van der Waals surface area contributed by atoms with Crippen molar-refractivity contribution in [2.45, 2.75) is 12.8 Å². The average molecular weight is 227 g/mol. The van der Waals surface area contributed by atoms with Crippen molar-refractivity contribution in [1.29, 1.82) is 0 Å². The number of hydrogen-bond donors (Lipinski definition) is 2. The molecule has 0 unspecified atom stereocenters. The Morgan fingerprint density at radius 2 is 2.31 bits per heavy atom. The third-order valence-corrected chi connectivity index (χ3v) is 2.15. The van der Waals surface area contributed by atoms with Gasteiger partial charge in [-0.25, -0.2) is 0 Å².